The van der Waals surface area contributed by atoms with E-state index in [2.05, 4.69) is 76.2 Å². The van der Waals surface area contributed by atoms with Gasteiger partial charge in [-0.05, 0) is 43.8 Å². The second-order valence-corrected chi connectivity index (χ2v) is 11.3. The first-order valence-electron chi connectivity index (χ1n) is 14.0. The number of fused-ring (bicyclic) bond motifs is 1. The molecule has 3 atom stereocenters. The quantitative estimate of drug-likeness (QED) is 0.308. The van der Waals surface area contributed by atoms with E-state index < -0.39 is 0 Å². The Morgan fingerprint density at radius 3 is 2.75 bits per heavy atom. The SMILES string of the molecule is CCc1cnc(Nc2cc(N)c(N(C)CCN(C)C)cc2OC)nc1C1CN2CC3OC3N(C)c3cccc1c32. The molecule has 3 unspecified atom stereocenters. The van der Waals surface area contributed by atoms with E-state index in [1.807, 2.05) is 25.4 Å². The number of aromatic nitrogens is 2. The Bertz CT molecular complexity index is 1410. The van der Waals surface area contributed by atoms with Gasteiger partial charge < -0.3 is 40.1 Å². The molecule has 3 aliphatic rings. The minimum atomic E-state index is 0.150. The monoisotopic (exact) mass is 544 g/mol. The molecular weight excluding hydrogens is 504 g/mol. The predicted octanol–water partition coefficient (Wildman–Crippen LogP) is 3.50. The highest BCUT2D eigenvalue weighted by Gasteiger charge is 2.49. The molecule has 6 rings (SSSR count). The van der Waals surface area contributed by atoms with Gasteiger partial charge in [0, 0.05) is 58.5 Å². The lowest BCUT2D eigenvalue weighted by molar-refractivity contribution is 0.366. The van der Waals surface area contributed by atoms with E-state index >= 15 is 0 Å². The average Bonchev–Trinajstić information content (AvgIpc) is 3.64. The zero-order valence-electron chi connectivity index (χ0n) is 24.3. The van der Waals surface area contributed by atoms with Gasteiger partial charge >= 0.3 is 0 Å². The molecule has 1 aromatic heterocycles. The van der Waals surface area contributed by atoms with Crippen LogP contribution in [0.1, 0.15) is 29.7 Å². The van der Waals surface area contributed by atoms with Crippen molar-refractivity contribution in [2.75, 3.05) is 87.2 Å². The van der Waals surface area contributed by atoms with Crippen molar-refractivity contribution in [2.45, 2.75) is 31.6 Å². The molecule has 3 N–H and O–H groups in total. The molecule has 0 aliphatic carbocycles. The Kier molecular flexibility index (Phi) is 6.83. The number of anilines is 6. The van der Waals surface area contributed by atoms with Crippen molar-refractivity contribution >= 4 is 34.4 Å². The molecule has 1 fully saturated rings. The number of nitrogens with zero attached hydrogens (tertiary/aromatic N) is 6. The number of benzene rings is 2. The number of rotatable bonds is 9. The summed E-state index contributed by atoms with van der Waals surface area (Å²) in [4.78, 5) is 18.8. The van der Waals surface area contributed by atoms with Gasteiger partial charge in [-0.1, -0.05) is 19.1 Å². The molecule has 2 aromatic carbocycles. The molecule has 1 saturated heterocycles. The highest BCUT2D eigenvalue weighted by Crippen LogP contribution is 2.50. The molecule has 4 heterocycles. The van der Waals surface area contributed by atoms with Crippen LogP contribution in [0.3, 0.4) is 0 Å². The predicted molar refractivity (Wildman–Crippen MR) is 161 cm³/mol. The van der Waals surface area contributed by atoms with Crippen molar-refractivity contribution < 1.29 is 9.47 Å². The zero-order valence-corrected chi connectivity index (χ0v) is 24.3. The average molecular weight is 545 g/mol. The van der Waals surface area contributed by atoms with Crippen LogP contribution in [-0.4, -0.2) is 88.7 Å². The molecule has 0 saturated carbocycles. The summed E-state index contributed by atoms with van der Waals surface area (Å²) < 4.78 is 11.7. The van der Waals surface area contributed by atoms with Gasteiger partial charge in [0.15, 0.2) is 6.23 Å². The van der Waals surface area contributed by atoms with Crippen LogP contribution >= 0.6 is 0 Å². The summed E-state index contributed by atoms with van der Waals surface area (Å²) in [5.41, 5.74) is 14.9. The van der Waals surface area contributed by atoms with Crippen molar-refractivity contribution in [2.24, 2.45) is 0 Å². The molecule has 3 aromatic rings. The summed E-state index contributed by atoms with van der Waals surface area (Å²) in [6, 6.07) is 10.5. The minimum Gasteiger partial charge on any atom is -0.494 e. The molecule has 0 amide bonds. The maximum absolute atomic E-state index is 6.51. The molecule has 40 heavy (non-hydrogen) atoms. The summed E-state index contributed by atoms with van der Waals surface area (Å²) >= 11 is 0. The van der Waals surface area contributed by atoms with E-state index in [1.165, 1.54) is 16.9 Å². The standard InChI is InChI=1S/C30H40N8O2/c1-7-18-15-32-30(33-22-13-21(31)24(14-25(22)39-6)36(4)12-11-35(2)3)34-27(18)20-16-38-17-26-29(40-26)37(5)23-10-8-9-19(20)28(23)38/h8-10,13-15,20,26,29H,7,11-12,16-17,31H2,1-6H3,(H,32,33,34). The summed E-state index contributed by atoms with van der Waals surface area (Å²) in [6.07, 6.45) is 3.24. The summed E-state index contributed by atoms with van der Waals surface area (Å²) in [6.45, 7) is 5.71. The van der Waals surface area contributed by atoms with Crippen LogP contribution in [0.2, 0.25) is 0 Å². The van der Waals surface area contributed by atoms with E-state index in [0.29, 0.717) is 17.4 Å². The number of likely N-dealkylation sites (N-methyl/N-ethyl adjacent to an activating group) is 3. The highest BCUT2D eigenvalue weighted by molar-refractivity contribution is 5.81. The fourth-order valence-corrected chi connectivity index (χ4v) is 6.06. The Hall–Kier alpha value is -3.76. The van der Waals surface area contributed by atoms with Gasteiger partial charge in [0.25, 0.3) is 0 Å². The van der Waals surface area contributed by atoms with Crippen LogP contribution in [0, 0.1) is 0 Å². The molecule has 0 radical (unpaired) electrons. The number of nitrogen functional groups attached to an aromatic ring is 1. The van der Waals surface area contributed by atoms with Gasteiger partial charge in [0.05, 0.1) is 41.2 Å². The van der Waals surface area contributed by atoms with E-state index in [-0.39, 0.29) is 18.2 Å². The first kappa shape index (κ1) is 26.5. The molecule has 10 nitrogen and oxygen atoms in total. The molecule has 0 bridgehead atoms. The van der Waals surface area contributed by atoms with E-state index in [4.69, 9.17) is 20.2 Å². The molecule has 10 heteroatoms. The summed E-state index contributed by atoms with van der Waals surface area (Å²) in [7, 11) is 9.97. The highest BCUT2D eigenvalue weighted by atomic mass is 16.6. The number of nitrogens with two attached hydrogens (primary N) is 1. The van der Waals surface area contributed by atoms with Gasteiger partial charge in [-0.2, -0.15) is 0 Å². The number of methoxy groups -OCH3 is 1. The van der Waals surface area contributed by atoms with Crippen molar-refractivity contribution in [1.29, 1.82) is 0 Å². The largest absolute Gasteiger partial charge is 0.494 e. The van der Waals surface area contributed by atoms with Crippen molar-refractivity contribution in [3.8, 4) is 5.75 Å². The molecule has 3 aliphatic heterocycles. The third-order valence-corrected chi connectivity index (χ3v) is 8.36. The zero-order chi connectivity index (χ0) is 28.1. The lowest BCUT2D eigenvalue weighted by Crippen LogP contribution is -2.29. The van der Waals surface area contributed by atoms with Crippen LogP contribution in [0.4, 0.5) is 34.4 Å². The van der Waals surface area contributed by atoms with Gasteiger partial charge in [0.1, 0.15) is 11.9 Å². The molecular formula is C30H40N8O2. The fraction of sp³-hybridized carbons (Fsp3) is 0.467. The van der Waals surface area contributed by atoms with Crippen LogP contribution in [-0.2, 0) is 11.2 Å². The number of aryl methyl sites for hydroxylation is 1. The number of para-hydroxylation sites is 1. The third-order valence-electron chi connectivity index (χ3n) is 8.36. The molecule has 0 spiro atoms. The number of nitrogens with one attached hydrogen (secondary N) is 1. The smallest absolute Gasteiger partial charge is 0.227 e. The Balaban J connectivity index is 1.32. The fourth-order valence-electron chi connectivity index (χ4n) is 6.06. The Labute approximate surface area is 236 Å². The number of hydrogen-bond acceptors (Lipinski definition) is 10. The first-order valence-corrected chi connectivity index (χ1v) is 14.0. The number of ether oxygens (including phenoxy) is 2. The third kappa shape index (κ3) is 4.65. The Morgan fingerprint density at radius 1 is 1.18 bits per heavy atom. The van der Waals surface area contributed by atoms with Gasteiger partial charge in [-0.25, -0.2) is 9.97 Å². The van der Waals surface area contributed by atoms with E-state index in [1.54, 1.807) is 7.11 Å². The summed E-state index contributed by atoms with van der Waals surface area (Å²) in [5, 5.41) is 3.40. The van der Waals surface area contributed by atoms with E-state index in [9.17, 15) is 0 Å². The lowest BCUT2D eigenvalue weighted by Gasteiger charge is -2.24. The van der Waals surface area contributed by atoms with Gasteiger partial charge in [-0.15, -0.1) is 0 Å². The number of hydrogen-bond donors (Lipinski definition) is 2. The Morgan fingerprint density at radius 2 is 2.00 bits per heavy atom. The van der Waals surface area contributed by atoms with Crippen LogP contribution in [0.5, 0.6) is 5.75 Å². The van der Waals surface area contributed by atoms with Crippen LogP contribution in [0.25, 0.3) is 0 Å². The van der Waals surface area contributed by atoms with Crippen molar-refractivity contribution in [3.63, 3.8) is 0 Å². The maximum Gasteiger partial charge on any atom is 0.227 e. The topological polar surface area (TPSA) is 98.5 Å². The van der Waals surface area contributed by atoms with Gasteiger partial charge in [0.2, 0.25) is 5.95 Å². The van der Waals surface area contributed by atoms with Gasteiger partial charge in [-0.3, -0.25) is 0 Å². The van der Waals surface area contributed by atoms with Crippen molar-refractivity contribution in [1.82, 2.24) is 14.9 Å². The summed E-state index contributed by atoms with van der Waals surface area (Å²) in [5.74, 6) is 1.37. The first-order chi connectivity index (χ1) is 19.3. The van der Waals surface area contributed by atoms with Crippen LogP contribution < -0.4 is 30.5 Å². The van der Waals surface area contributed by atoms with Crippen molar-refractivity contribution in [3.05, 3.63) is 53.3 Å². The van der Waals surface area contributed by atoms with E-state index in [0.717, 1.165) is 55.2 Å². The second-order valence-electron chi connectivity index (χ2n) is 11.3. The normalized spacial score (nSPS) is 20.7. The lowest BCUT2D eigenvalue weighted by atomic mass is 9.93. The van der Waals surface area contributed by atoms with Crippen LogP contribution in [0.15, 0.2) is 36.5 Å². The minimum absolute atomic E-state index is 0.150. The number of epoxide rings is 1. The second kappa shape index (κ2) is 10.3. The molecule has 212 valence electrons. The maximum atomic E-state index is 6.51.